The number of hydrogen-bond donors (Lipinski definition) is 6. The molecule has 0 amide bonds. The van der Waals surface area contributed by atoms with Crippen molar-refractivity contribution in [2.75, 3.05) is 72.6 Å². The van der Waals surface area contributed by atoms with Gasteiger partial charge < -0.3 is 31.9 Å². The molecule has 2 aromatic rings. The molecule has 3 rings (SSSR count). The average Bonchev–Trinajstić information content (AvgIpc) is 2.97. The first-order valence-electron chi connectivity index (χ1n) is 16.9. The monoisotopic (exact) mass is 611 g/mol. The molecule has 3 atom stereocenters. The van der Waals surface area contributed by atoms with Gasteiger partial charge in [0, 0.05) is 38.1 Å². The highest BCUT2D eigenvalue weighted by atomic mass is 14.9. The molecule has 3 unspecified atom stereocenters. The van der Waals surface area contributed by atoms with Crippen LogP contribution in [0.25, 0.3) is 0 Å². The van der Waals surface area contributed by atoms with Crippen molar-refractivity contribution in [2.45, 2.75) is 86.1 Å². The van der Waals surface area contributed by atoms with Gasteiger partial charge in [0.1, 0.15) is 0 Å². The Bertz CT molecular complexity index is 955. The highest BCUT2D eigenvalue weighted by molar-refractivity contribution is 5.47. The van der Waals surface area contributed by atoms with Crippen LogP contribution in [0.15, 0.2) is 48.5 Å². The fourth-order valence-corrected chi connectivity index (χ4v) is 6.87. The lowest BCUT2D eigenvalue weighted by Gasteiger charge is -2.46. The van der Waals surface area contributed by atoms with E-state index in [-0.39, 0.29) is 0 Å². The fraction of sp³-hybridized carbons (Fsp3) is 0.684. The number of nitrogens with one attached hydrogen (secondary N) is 6. The van der Waals surface area contributed by atoms with E-state index in [1.807, 2.05) is 28.2 Å². The molecule has 1 aliphatic rings. The van der Waals surface area contributed by atoms with Crippen molar-refractivity contribution in [1.29, 1.82) is 0 Å². The summed E-state index contributed by atoms with van der Waals surface area (Å²) in [4.78, 5) is 0. The van der Waals surface area contributed by atoms with E-state index >= 15 is 0 Å². The number of hydrogen-bond acceptors (Lipinski definition) is 6. The predicted octanol–water partition coefficient (Wildman–Crippen LogP) is 7.24. The van der Waals surface area contributed by atoms with Crippen LogP contribution in [-0.4, -0.2) is 68.0 Å². The van der Waals surface area contributed by atoms with Crippen molar-refractivity contribution < 1.29 is 0 Å². The lowest BCUT2D eigenvalue weighted by atomic mass is 9.62. The van der Waals surface area contributed by atoms with Gasteiger partial charge in [0.05, 0.1) is 0 Å². The average molecular weight is 611 g/mol. The number of rotatable bonds is 14. The topological polar surface area (TPSA) is 72.2 Å². The van der Waals surface area contributed by atoms with Crippen LogP contribution in [0, 0.1) is 22.2 Å². The van der Waals surface area contributed by atoms with Gasteiger partial charge in [0.25, 0.3) is 0 Å². The lowest BCUT2D eigenvalue weighted by Crippen LogP contribution is -2.47. The summed E-state index contributed by atoms with van der Waals surface area (Å²) in [5.41, 5.74) is 6.36. The molecule has 6 nitrogen and oxygen atoms in total. The van der Waals surface area contributed by atoms with E-state index in [0.717, 1.165) is 43.3 Å². The minimum absolute atomic E-state index is 0.441. The van der Waals surface area contributed by atoms with Crippen LogP contribution in [0.5, 0.6) is 0 Å². The fourth-order valence-electron chi connectivity index (χ4n) is 6.87. The van der Waals surface area contributed by atoms with E-state index in [0.29, 0.717) is 22.3 Å². The van der Waals surface area contributed by atoms with Gasteiger partial charge in [-0.05, 0) is 137 Å². The Morgan fingerprint density at radius 3 is 1.68 bits per heavy atom. The lowest BCUT2D eigenvalue weighted by molar-refractivity contribution is 0.0746. The van der Waals surface area contributed by atoms with Crippen molar-refractivity contribution in [2.24, 2.45) is 22.2 Å². The second-order valence-corrected chi connectivity index (χ2v) is 15.0. The zero-order valence-electron chi connectivity index (χ0n) is 30.6. The molecule has 0 aromatic heterocycles. The summed E-state index contributed by atoms with van der Waals surface area (Å²) in [5.74, 6) is 0.793. The third kappa shape index (κ3) is 16.3. The first kappa shape index (κ1) is 39.9. The Labute approximate surface area is 272 Å². The van der Waals surface area contributed by atoms with E-state index in [1.165, 1.54) is 43.2 Å². The molecule has 0 bridgehead atoms. The molecule has 2 aromatic carbocycles. The van der Waals surface area contributed by atoms with Crippen molar-refractivity contribution in [1.82, 2.24) is 21.3 Å². The van der Waals surface area contributed by atoms with Gasteiger partial charge in [-0.2, -0.15) is 0 Å². The van der Waals surface area contributed by atoms with Gasteiger partial charge in [0.2, 0.25) is 0 Å². The molecule has 1 saturated carbocycles. The normalized spacial score (nSPS) is 20.0. The maximum Gasteiger partial charge on any atom is 0.0337 e. The minimum atomic E-state index is 0.441. The molecular weight excluding hydrogens is 540 g/mol. The van der Waals surface area contributed by atoms with E-state index in [9.17, 15) is 0 Å². The minimum Gasteiger partial charge on any atom is -0.388 e. The number of anilines is 2. The van der Waals surface area contributed by atoms with Gasteiger partial charge in [-0.15, -0.1) is 0 Å². The molecule has 0 radical (unpaired) electrons. The van der Waals surface area contributed by atoms with Crippen molar-refractivity contribution in [3.8, 4) is 0 Å². The van der Waals surface area contributed by atoms with Gasteiger partial charge in [-0.25, -0.2) is 0 Å². The van der Waals surface area contributed by atoms with Crippen LogP contribution < -0.4 is 31.9 Å². The molecule has 1 fully saturated rings. The Kier molecular flexibility index (Phi) is 18.2. The highest BCUT2D eigenvalue weighted by Gasteiger charge is 2.40. The van der Waals surface area contributed by atoms with Crippen LogP contribution in [0.4, 0.5) is 11.4 Å². The first-order valence-corrected chi connectivity index (χ1v) is 16.9. The van der Waals surface area contributed by atoms with Gasteiger partial charge in [0.15, 0.2) is 0 Å². The largest absolute Gasteiger partial charge is 0.388 e. The van der Waals surface area contributed by atoms with E-state index in [2.05, 4.69) is 136 Å². The third-order valence-corrected chi connectivity index (χ3v) is 8.87. The standard InChI is InChI=1S/C15H18N2.C12H26N2.C11H26N2/c1-16-14-7-3-12(4-8-14)11-13-5-9-15(17-2)10-6-13;1-11(2)6-10(14-5)7-12(3,8-11)9-13-4;1-10(8-12-4)6-7-11(2,3)9-13-5/h3-10,16-17H,11H2,1-2H3;10,13-14H,6-9H2,1-5H3;10,12-13H,6-9H2,1-5H3. The second-order valence-electron chi connectivity index (χ2n) is 15.0. The zero-order chi connectivity index (χ0) is 33.2. The molecular formula is C38H70N6. The molecule has 1 aliphatic carbocycles. The van der Waals surface area contributed by atoms with Crippen LogP contribution in [0.1, 0.15) is 84.8 Å². The predicted molar refractivity (Wildman–Crippen MR) is 197 cm³/mol. The summed E-state index contributed by atoms with van der Waals surface area (Å²) >= 11 is 0. The van der Waals surface area contributed by atoms with E-state index in [4.69, 9.17) is 0 Å². The van der Waals surface area contributed by atoms with Gasteiger partial charge >= 0.3 is 0 Å². The molecule has 6 heteroatoms. The smallest absolute Gasteiger partial charge is 0.0337 e. The quantitative estimate of drug-likeness (QED) is 0.136. The number of benzene rings is 2. The molecule has 6 N–H and O–H groups in total. The summed E-state index contributed by atoms with van der Waals surface area (Å²) < 4.78 is 0. The SMILES string of the molecule is CNCC(C)CCC(C)(C)CNC.CNCC1(C)CC(NC)CC(C)(C)C1.CNc1ccc(Cc2ccc(NC)cc2)cc1. The second kappa shape index (κ2) is 20.1. The van der Waals surface area contributed by atoms with E-state index in [1.54, 1.807) is 0 Å². The van der Waals surface area contributed by atoms with Crippen LogP contribution >= 0.6 is 0 Å². The Morgan fingerprint density at radius 1 is 0.750 bits per heavy atom. The molecule has 0 spiro atoms. The highest BCUT2D eigenvalue weighted by Crippen LogP contribution is 2.45. The van der Waals surface area contributed by atoms with E-state index < -0.39 is 0 Å². The van der Waals surface area contributed by atoms with Gasteiger partial charge in [-0.3, -0.25) is 0 Å². The van der Waals surface area contributed by atoms with Crippen LogP contribution in [0.3, 0.4) is 0 Å². The molecule has 0 aliphatic heterocycles. The third-order valence-electron chi connectivity index (χ3n) is 8.87. The van der Waals surface area contributed by atoms with Crippen molar-refractivity contribution in [3.05, 3.63) is 59.7 Å². The molecule has 252 valence electrons. The summed E-state index contributed by atoms with van der Waals surface area (Å²) in [6.45, 7) is 17.5. The molecule has 0 heterocycles. The van der Waals surface area contributed by atoms with Crippen molar-refractivity contribution in [3.63, 3.8) is 0 Å². The maximum atomic E-state index is 3.45. The molecule has 0 saturated heterocycles. The summed E-state index contributed by atoms with van der Waals surface area (Å²) in [7, 11) is 12.1. The Morgan fingerprint density at radius 2 is 1.27 bits per heavy atom. The molecule has 44 heavy (non-hydrogen) atoms. The van der Waals surface area contributed by atoms with Crippen molar-refractivity contribution >= 4 is 11.4 Å². The van der Waals surface area contributed by atoms with Crippen LogP contribution in [0.2, 0.25) is 0 Å². The Balaban J connectivity index is 0.000000334. The maximum absolute atomic E-state index is 3.45. The summed E-state index contributed by atoms with van der Waals surface area (Å²) in [6.07, 6.45) is 7.54. The Hall–Kier alpha value is -2.12. The van der Waals surface area contributed by atoms with Crippen LogP contribution in [-0.2, 0) is 6.42 Å². The summed E-state index contributed by atoms with van der Waals surface area (Å²) in [5, 5.41) is 19.5. The first-order chi connectivity index (χ1) is 20.7. The summed E-state index contributed by atoms with van der Waals surface area (Å²) in [6, 6.07) is 17.8. The zero-order valence-corrected chi connectivity index (χ0v) is 30.6. The van der Waals surface area contributed by atoms with Gasteiger partial charge in [-0.1, -0.05) is 65.8 Å².